The normalized spacial score (nSPS) is 17.9. The lowest BCUT2D eigenvalue weighted by atomic mass is 9.67. The van der Waals surface area contributed by atoms with Crippen molar-refractivity contribution in [3.05, 3.63) is 119 Å². The Labute approximate surface area is 282 Å². The molecule has 0 radical (unpaired) electrons. The molecule has 2 aliphatic carbocycles. The first-order valence-corrected chi connectivity index (χ1v) is 18.1. The van der Waals surface area contributed by atoms with Crippen LogP contribution < -0.4 is 0 Å². The highest BCUT2D eigenvalue weighted by Gasteiger charge is 2.33. The van der Waals surface area contributed by atoms with E-state index in [2.05, 4.69) is 24.3 Å². The van der Waals surface area contributed by atoms with Gasteiger partial charge in [0, 0.05) is 11.3 Å². The standard InChI is InChI=1S/C24H32O2.C19H22O2/c25-22-14-10-20(11-15-22)24(21-12-16-23(26)17-13-21)18-8-6-4-2-1-3-5-7-9-19-24;20-17-10-6-15(7-11-17)19(14-4-2-1-3-5-14)16-8-12-18(21)13-9-16/h10-17,25-26H,1-9,18-19H2;6-14,19-21H,1-5H2. The van der Waals surface area contributed by atoms with Crippen LogP contribution in [0.3, 0.4) is 0 Å². The molecule has 4 aromatic carbocycles. The summed E-state index contributed by atoms with van der Waals surface area (Å²) in [7, 11) is 0. The minimum absolute atomic E-state index is 0.0272. The zero-order valence-corrected chi connectivity index (χ0v) is 28.0. The topological polar surface area (TPSA) is 80.9 Å². The van der Waals surface area contributed by atoms with Crippen LogP contribution in [0, 0.1) is 5.92 Å². The van der Waals surface area contributed by atoms with E-state index in [0.29, 0.717) is 34.8 Å². The summed E-state index contributed by atoms with van der Waals surface area (Å²) in [4.78, 5) is 0. The predicted octanol–water partition coefficient (Wildman–Crippen LogP) is 11.5. The SMILES string of the molecule is Oc1ccc(C(c2ccc(O)cc2)C2CCCCC2)cc1.Oc1ccc(C2(c3ccc(O)cc3)CCCCCCCCCCC2)cc1. The molecule has 0 aliphatic heterocycles. The van der Waals surface area contributed by atoms with Gasteiger partial charge in [-0.25, -0.2) is 0 Å². The van der Waals surface area contributed by atoms with Gasteiger partial charge in [-0.15, -0.1) is 0 Å². The molecule has 0 spiro atoms. The van der Waals surface area contributed by atoms with Crippen molar-refractivity contribution >= 4 is 0 Å². The van der Waals surface area contributed by atoms with Gasteiger partial charge in [0.05, 0.1) is 0 Å². The van der Waals surface area contributed by atoms with Gasteiger partial charge in [-0.1, -0.05) is 126 Å². The van der Waals surface area contributed by atoms with E-state index in [1.54, 1.807) is 24.3 Å². The molecule has 2 saturated carbocycles. The van der Waals surface area contributed by atoms with Gasteiger partial charge in [0.2, 0.25) is 0 Å². The Kier molecular flexibility index (Phi) is 12.7. The first-order valence-electron chi connectivity index (χ1n) is 18.1. The molecule has 0 saturated heterocycles. The summed E-state index contributed by atoms with van der Waals surface area (Å²) in [5.41, 5.74) is 5.06. The van der Waals surface area contributed by atoms with Gasteiger partial charge in [0.25, 0.3) is 0 Å². The minimum atomic E-state index is -0.0272. The number of benzene rings is 4. The maximum atomic E-state index is 9.76. The maximum absolute atomic E-state index is 9.76. The molecule has 2 aliphatic rings. The lowest BCUT2D eigenvalue weighted by Crippen LogP contribution is -2.28. The molecular formula is C43H54O4. The fourth-order valence-corrected chi connectivity index (χ4v) is 8.09. The number of hydrogen-bond acceptors (Lipinski definition) is 4. The molecular weight excluding hydrogens is 580 g/mol. The summed E-state index contributed by atoms with van der Waals surface area (Å²) in [6.45, 7) is 0. The second-order valence-corrected chi connectivity index (χ2v) is 13.9. The van der Waals surface area contributed by atoms with E-state index in [9.17, 15) is 20.4 Å². The van der Waals surface area contributed by atoms with Crippen molar-refractivity contribution in [3.63, 3.8) is 0 Å². The Hall–Kier alpha value is -3.92. The summed E-state index contributed by atoms with van der Waals surface area (Å²) in [6, 6.07) is 30.8. The molecule has 2 fully saturated rings. The molecule has 0 amide bonds. The van der Waals surface area contributed by atoms with Crippen molar-refractivity contribution in [2.24, 2.45) is 5.92 Å². The molecule has 0 heterocycles. The molecule has 0 aromatic heterocycles. The monoisotopic (exact) mass is 634 g/mol. The van der Waals surface area contributed by atoms with E-state index in [0.717, 1.165) is 12.8 Å². The lowest BCUT2D eigenvalue weighted by molar-refractivity contribution is 0.327. The third-order valence-corrected chi connectivity index (χ3v) is 10.7. The molecule has 4 aromatic rings. The highest BCUT2D eigenvalue weighted by molar-refractivity contribution is 5.43. The largest absolute Gasteiger partial charge is 0.508 e. The van der Waals surface area contributed by atoms with Gasteiger partial charge in [-0.05, 0) is 102 Å². The quantitative estimate of drug-likeness (QED) is 0.176. The predicted molar refractivity (Wildman–Crippen MR) is 192 cm³/mol. The van der Waals surface area contributed by atoms with E-state index in [1.807, 2.05) is 48.5 Å². The Morgan fingerprint density at radius 1 is 0.383 bits per heavy atom. The van der Waals surface area contributed by atoms with Gasteiger partial charge >= 0.3 is 0 Å². The summed E-state index contributed by atoms with van der Waals surface area (Å²) < 4.78 is 0. The molecule has 0 unspecified atom stereocenters. The van der Waals surface area contributed by atoms with Gasteiger partial charge in [-0.3, -0.25) is 0 Å². The maximum Gasteiger partial charge on any atom is 0.115 e. The number of phenols is 4. The van der Waals surface area contributed by atoms with E-state index in [4.69, 9.17) is 0 Å². The third-order valence-electron chi connectivity index (χ3n) is 10.7. The van der Waals surface area contributed by atoms with Crippen LogP contribution in [0.15, 0.2) is 97.1 Å². The lowest BCUT2D eigenvalue weighted by Gasteiger charge is -2.36. The molecule has 6 rings (SSSR count). The summed E-state index contributed by atoms with van der Waals surface area (Å²) in [5, 5.41) is 38.6. The first kappa shape index (κ1) is 34.4. The fraction of sp³-hybridized carbons (Fsp3) is 0.442. The Morgan fingerprint density at radius 2 is 0.681 bits per heavy atom. The summed E-state index contributed by atoms with van der Waals surface area (Å²) >= 11 is 0. The smallest absolute Gasteiger partial charge is 0.115 e. The average Bonchev–Trinajstić information content (AvgIpc) is 3.09. The van der Waals surface area contributed by atoms with Gasteiger partial charge in [0.15, 0.2) is 0 Å². The third kappa shape index (κ3) is 9.56. The van der Waals surface area contributed by atoms with Crippen LogP contribution in [0.2, 0.25) is 0 Å². The Morgan fingerprint density at radius 3 is 1.04 bits per heavy atom. The Bertz CT molecular complexity index is 1350. The molecule has 0 atom stereocenters. The minimum Gasteiger partial charge on any atom is -0.508 e. The average molecular weight is 635 g/mol. The number of aromatic hydroxyl groups is 4. The molecule has 250 valence electrons. The molecule has 4 heteroatoms. The van der Waals surface area contributed by atoms with Crippen LogP contribution in [-0.4, -0.2) is 20.4 Å². The zero-order valence-electron chi connectivity index (χ0n) is 28.0. The van der Waals surface area contributed by atoms with Crippen LogP contribution in [-0.2, 0) is 5.41 Å². The van der Waals surface area contributed by atoms with Gasteiger partial charge in [-0.2, -0.15) is 0 Å². The van der Waals surface area contributed by atoms with Crippen molar-refractivity contribution in [1.29, 1.82) is 0 Å². The second kappa shape index (κ2) is 17.3. The van der Waals surface area contributed by atoms with Crippen LogP contribution in [0.1, 0.15) is 131 Å². The molecule has 47 heavy (non-hydrogen) atoms. The van der Waals surface area contributed by atoms with Crippen LogP contribution in [0.25, 0.3) is 0 Å². The van der Waals surface area contributed by atoms with Crippen molar-refractivity contribution in [3.8, 4) is 23.0 Å². The van der Waals surface area contributed by atoms with Gasteiger partial charge in [0.1, 0.15) is 23.0 Å². The molecule has 0 bridgehead atoms. The molecule has 4 nitrogen and oxygen atoms in total. The first-order chi connectivity index (χ1) is 22.9. The van der Waals surface area contributed by atoms with E-state index < -0.39 is 0 Å². The van der Waals surface area contributed by atoms with Crippen molar-refractivity contribution < 1.29 is 20.4 Å². The van der Waals surface area contributed by atoms with Crippen molar-refractivity contribution in [1.82, 2.24) is 0 Å². The van der Waals surface area contributed by atoms with E-state index in [-0.39, 0.29) is 5.41 Å². The Balaban J connectivity index is 0.000000189. The van der Waals surface area contributed by atoms with Crippen molar-refractivity contribution in [2.45, 2.75) is 114 Å². The number of rotatable bonds is 5. The van der Waals surface area contributed by atoms with E-state index in [1.165, 1.54) is 112 Å². The van der Waals surface area contributed by atoms with Crippen LogP contribution >= 0.6 is 0 Å². The van der Waals surface area contributed by atoms with Crippen LogP contribution in [0.4, 0.5) is 0 Å². The van der Waals surface area contributed by atoms with Crippen LogP contribution in [0.5, 0.6) is 23.0 Å². The summed E-state index contributed by atoms with van der Waals surface area (Å²) in [5.74, 6) is 2.27. The van der Waals surface area contributed by atoms with Gasteiger partial charge < -0.3 is 20.4 Å². The second-order valence-electron chi connectivity index (χ2n) is 13.9. The van der Waals surface area contributed by atoms with E-state index >= 15 is 0 Å². The number of phenolic OH excluding ortho intramolecular Hbond substituents is 4. The summed E-state index contributed by atoms with van der Waals surface area (Å²) in [6.07, 6.45) is 20.5. The highest BCUT2D eigenvalue weighted by Crippen LogP contribution is 2.44. The fourth-order valence-electron chi connectivity index (χ4n) is 8.09. The molecule has 4 N–H and O–H groups in total. The number of hydrogen-bond donors (Lipinski definition) is 4. The highest BCUT2D eigenvalue weighted by atomic mass is 16.3. The van der Waals surface area contributed by atoms with Crippen molar-refractivity contribution in [2.75, 3.05) is 0 Å². The zero-order chi connectivity index (χ0) is 32.9.